The number of carbonyl (C=O) groups is 1. The van der Waals surface area contributed by atoms with E-state index in [1.165, 1.54) is 24.1 Å². The third-order valence-electron chi connectivity index (χ3n) is 3.62. The fourth-order valence-electron chi connectivity index (χ4n) is 2.62. The number of halogens is 1. The largest absolute Gasteiger partial charge is 0.507 e. The molecule has 0 spiro atoms. The molecule has 5 heteroatoms. The van der Waals surface area contributed by atoms with Crippen LogP contribution in [0.15, 0.2) is 18.2 Å². The fourth-order valence-corrected chi connectivity index (χ4v) is 2.62. The Morgan fingerprint density at radius 2 is 2.05 bits per heavy atom. The van der Waals surface area contributed by atoms with Gasteiger partial charge in [0, 0.05) is 13.6 Å². The van der Waals surface area contributed by atoms with Gasteiger partial charge in [0.15, 0.2) is 0 Å². The van der Waals surface area contributed by atoms with E-state index in [0.29, 0.717) is 12.8 Å². The molecule has 1 saturated carbocycles. The van der Waals surface area contributed by atoms with E-state index in [0.717, 1.165) is 18.9 Å². The molecule has 0 atom stereocenters. The molecule has 1 aromatic carbocycles. The van der Waals surface area contributed by atoms with Crippen LogP contribution in [-0.4, -0.2) is 40.2 Å². The molecule has 1 aliphatic carbocycles. The van der Waals surface area contributed by atoms with Gasteiger partial charge in [-0.2, -0.15) is 0 Å². The monoisotopic (exact) mass is 267 g/mol. The first-order valence-electron chi connectivity index (χ1n) is 6.38. The molecule has 104 valence electrons. The average Bonchev–Trinajstić information content (AvgIpc) is 2.75. The number of carbonyl (C=O) groups excluding carboxylic acids is 1. The predicted octanol–water partition coefficient (Wildman–Crippen LogP) is 1.91. The first-order chi connectivity index (χ1) is 8.93. The number of likely N-dealkylation sites (N-methyl/N-ethyl adjacent to an activating group) is 1. The number of rotatable bonds is 3. The number of phenols is 1. The lowest BCUT2D eigenvalue weighted by atomic mass is 10.0. The van der Waals surface area contributed by atoms with Crippen LogP contribution in [0.1, 0.15) is 36.0 Å². The number of nitrogens with zero attached hydrogens (tertiary/aromatic N) is 1. The highest BCUT2D eigenvalue weighted by molar-refractivity contribution is 5.97. The molecule has 0 unspecified atom stereocenters. The minimum absolute atomic E-state index is 0.152. The second-order valence-corrected chi connectivity index (χ2v) is 5.23. The second-order valence-electron chi connectivity index (χ2n) is 5.23. The van der Waals surface area contributed by atoms with Crippen LogP contribution in [0.2, 0.25) is 0 Å². The number of aromatic hydroxyl groups is 1. The highest BCUT2D eigenvalue weighted by Gasteiger charge is 2.34. The number of phenolic OH excluding ortho intramolecular Hbond substituents is 1. The molecule has 0 bridgehead atoms. The number of benzene rings is 1. The summed E-state index contributed by atoms with van der Waals surface area (Å²) in [4.78, 5) is 13.4. The Morgan fingerprint density at radius 1 is 1.42 bits per heavy atom. The molecule has 0 aliphatic heterocycles. The molecule has 19 heavy (non-hydrogen) atoms. The molecule has 0 heterocycles. The van der Waals surface area contributed by atoms with Crippen molar-refractivity contribution in [1.29, 1.82) is 0 Å². The van der Waals surface area contributed by atoms with Gasteiger partial charge in [-0.15, -0.1) is 0 Å². The standard InChI is InChI=1S/C14H18FNO3/c1-16(9-14(19)7-2-3-8-14)13(18)12-10(15)5-4-6-11(12)17/h4-6,17,19H,2-3,7-9H2,1H3. The van der Waals surface area contributed by atoms with Crippen molar-refractivity contribution in [3.63, 3.8) is 0 Å². The summed E-state index contributed by atoms with van der Waals surface area (Å²) in [5.41, 5.74) is -1.22. The SMILES string of the molecule is CN(CC1(O)CCCC1)C(=O)c1c(O)cccc1F. The van der Waals surface area contributed by atoms with Crippen LogP contribution in [0.3, 0.4) is 0 Å². The Hall–Kier alpha value is -1.62. The van der Waals surface area contributed by atoms with Crippen molar-refractivity contribution in [2.24, 2.45) is 0 Å². The van der Waals surface area contributed by atoms with E-state index in [1.54, 1.807) is 0 Å². The smallest absolute Gasteiger partial charge is 0.260 e. The quantitative estimate of drug-likeness (QED) is 0.879. The van der Waals surface area contributed by atoms with Crippen LogP contribution in [-0.2, 0) is 0 Å². The average molecular weight is 267 g/mol. The van der Waals surface area contributed by atoms with Gasteiger partial charge >= 0.3 is 0 Å². The lowest BCUT2D eigenvalue weighted by molar-refractivity contribution is 0.0154. The van der Waals surface area contributed by atoms with Crippen LogP contribution >= 0.6 is 0 Å². The van der Waals surface area contributed by atoms with E-state index in [4.69, 9.17) is 0 Å². The summed E-state index contributed by atoms with van der Waals surface area (Å²) in [5.74, 6) is -1.75. The summed E-state index contributed by atoms with van der Waals surface area (Å²) in [6, 6.07) is 3.74. The van der Waals surface area contributed by atoms with Gasteiger partial charge < -0.3 is 15.1 Å². The van der Waals surface area contributed by atoms with Gasteiger partial charge in [-0.25, -0.2) is 4.39 Å². The number of amides is 1. The topological polar surface area (TPSA) is 60.8 Å². The predicted molar refractivity (Wildman–Crippen MR) is 68.4 cm³/mol. The minimum Gasteiger partial charge on any atom is -0.507 e. The molecule has 1 fully saturated rings. The minimum atomic E-state index is -0.884. The zero-order valence-electron chi connectivity index (χ0n) is 10.9. The molecule has 4 nitrogen and oxygen atoms in total. The summed E-state index contributed by atoms with van der Waals surface area (Å²) in [6.45, 7) is 0.152. The lowest BCUT2D eigenvalue weighted by Crippen LogP contribution is -2.42. The molecule has 0 saturated heterocycles. The van der Waals surface area contributed by atoms with Gasteiger partial charge in [0.05, 0.1) is 5.60 Å². The van der Waals surface area contributed by atoms with Gasteiger partial charge in [0.1, 0.15) is 17.1 Å². The van der Waals surface area contributed by atoms with Crippen molar-refractivity contribution >= 4 is 5.91 Å². The third-order valence-corrected chi connectivity index (χ3v) is 3.62. The number of hydrogen-bond donors (Lipinski definition) is 2. The molecule has 2 rings (SSSR count). The Kier molecular flexibility index (Phi) is 3.75. The first-order valence-corrected chi connectivity index (χ1v) is 6.38. The molecule has 1 aromatic rings. The van der Waals surface area contributed by atoms with Crippen molar-refractivity contribution in [2.75, 3.05) is 13.6 Å². The lowest BCUT2D eigenvalue weighted by Gasteiger charge is -2.28. The number of aliphatic hydroxyl groups is 1. The van der Waals surface area contributed by atoms with E-state index >= 15 is 0 Å². The van der Waals surface area contributed by atoms with E-state index in [1.807, 2.05) is 0 Å². The first kappa shape index (κ1) is 13.8. The molecule has 0 aromatic heterocycles. The maximum absolute atomic E-state index is 13.6. The van der Waals surface area contributed by atoms with E-state index in [-0.39, 0.29) is 17.9 Å². The Balaban J connectivity index is 2.15. The Morgan fingerprint density at radius 3 is 2.63 bits per heavy atom. The highest BCUT2D eigenvalue weighted by Crippen LogP contribution is 2.31. The van der Waals surface area contributed by atoms with Gasteiger partial charge in [-0.05, 0) is 25.0 Å². The number of hydrogen-bond acceptors (Lipinski definition) is 3. The summed E-state index contributed by atoms with van der Waals surface area (Å²) in [7, 11) is 1.50. The molecular formula is C14H18FNO3. The summed E-state index contributed by atoms with van der Waals surface area (Å²) in [5, 5.41) is 19.8. The summed E-state index contributed by atoms with van der Waals surface area (Å²) < 4.78 is 13.6. The van der Waals surface area contributed by atoms with Crippen LogP contribution in [0, 0.1) is 5.82 Å². The normalized spacial score (nSPS) is 17.4. The van der Waals surface area contributed by atoms with Crippen molar-refractivity contribution in [1.82, 2.24) is 4.90 Å². The third kappa shape index (κ3) is 2.87. The van der Waals surface area contributed by atoms with Crippen LogP contribution in [0.5, 0.6) is 5.75 Å². The summed E-state index contributed by atoms with van der Waals surface area (Å²) >= 11 is 0. The maximum atomic E-state index is 13.6. The van der Waals surface area contributed by atoms with Gasteiger partial charge in [0.25, 0.3) is 5.91 Å². The van der Waals surface area contributed by atoms with E-state index in [2.05, 4.69) is 0 Å². The second kappa shape index (κ2) is 5.17. The van der Waals surface area contributed by atoms with Crippen LogP contribution < -0.4 is 0 Å². The molecule has 2 N–H and O–H groups in total. The zero-order chi connectivity index (χ0) is 14.0. The van der Waals surface area contributed by atoms with Crippen LogP contribution in [0.4, 0.5) is 4.39 Å². The Bertz CT molecular complexity index is 463. The van der Waals surface area contributed by atoms with E-state index < -0.39 is 17.3 Å². The summed E-state index contributed by atoms with van der Waals surface area (Å²) in [6.07, 6.45) is 3.16. The van der Waals surface area contributed by atoms with Crippen molar-refractivity contribution in [3.05, 3.63) is 29.6 Å². The molecule has 1 aliphatic rings. The Labute approximate surface area is 111 Å². The van der Waals surface area contributed by atoms with Gasteiger partial charge in [0.2, 0.25) is 0 Å². The van der Waals surface area contributed by atoms with Crippen molar-refractivity contribution in [2.45, 2.75) is 31.3 Å². The van der Waals surface area contributed by atoms with Gasteiger partial charge in [-0.1, -0.05) is 18.9 Å². The van der Waals surface area contributed by atoms with E-state index in [9.17, 15) is 19.4 Å². The highest BCUT2D eigenvalue weighted by atomic mass is 19.1. The van der Waals surface area contributed by atoms with Crippen molar-refractivity contribution in [3.8, 4) is 5.75 Å². The molecule has 0 radical (unpaired) electrons. The fraction of sp³-hybridized carbons (Fsp3) is 0.500. The molecular weight excluding hydrogens is 249 g/mol. The van der Waals surface area contributed by atoms with Crippen LogP contribution in [0.25, 0.3) is 0 Å². The van der Waals surface area contributed by atoms with Gasteiger partial charge in [-0.3, -0.25) is 4.79 Å². The van der Waals surface area contributed by atoms with Crippen molar-refractivity contribution < 1.29 is 19.4 Å². The maximum Gasteiger partial charge on any atom is 0.260 e. The molecule has 1 amide bonds. The zero-order valence-corrected chi connectivity index (χ0v) is 10.9.